The van der Waals surface area contributed by atoms with Crippen LogP contribution in [0, 0.1) is 0 Å². The lowest BCUT2D eigenvalue weighted by atomic mass is 10.0. The van der Waals surface area contributed by atoms with E-state index < -0.39 is 5.97 Å². The molecule has 0 aromatic rings. The number of carbonyl (C=O) groups is 2. The lowest BCUT2D eigenvalue weighted by molar-refractivity contribution is -0.146. The third-order valence-corrected chi connectivity index (χ3v) is 7.39. The minimum absolute atomic E-state index is 0.0676. The zero-order valence-corrected chi connectivity index (χ0v) is 29.9. The maximum Gasteiger partial charge on any atom is 0.305 e. The molecule has 0 aromatic heterocycles. The molecule has 47 heavy (non-hydrogen) atoms. The van der Waals surface area contributed by atoms with Crippen LogP contribution >= 0.6 is 0 Å². The zero-order valence-electron chi connectivity index (χ0n) is 29.9. The van der Waals surface area contributed by atoms with Crippen LogP contribution in [0.15, 0.2) is 0 Å². The van der Waals surface area contributed by atoms with E-state index in [1.807, 2.05) is 0 Å². The smallest absolute Gasteiger partial charge is 0.305 e. The monoisotopic (exact) mass is 678 g/mol. The molecule has 0 aliphatic rings. The summed E-state index contributed by atoms with van der Waals surface area (Å²) in [5.41, 5.74) is 0. The van der Waals surface area contributed by atoms with E-state index in [4.69, 9.17) is 43.0 Å². The predicted molar refractivity (Wildman–Crippen MR) is 183 cm³/mol. The van der Waals surface area contributed by atoms with E-state index in [-0.39, 0.29) is 25.4 Å². The molecule has 0 fully saturated rings. The van der Waals surface area contributed by atoms with Crippen LogP contribution in [0.4, 0.5) is 0 Å². The van der Waals surface area contributed by atoms with Crippen molar-refractivity contribution >= 4 is 11.9 Å². The van der Waals surface area contributed by atoms with Gasteiger partial charge < -0.3 is 43.0 Å². The second-order valence-electron chi connectivity index (χ2n) is 11.7. The molecule has 0 saturated carbocycles. The Morgan fingerprint density at radius 3 is 1.02 bits per heavy atom. The summed E-state index contributed by atoms with van der Waals surface area (Å²) < 4.78 is 43.5. The Morgan fingerprint density at radius 1 is 0.362 bits per heavy atom. The molecule has 11 heteroatoms. The Morgan fingerprint density at radius 2 is 0.660 bits per heavy atom. The number of aliphatic carboxylic acids is 1. The number of esters is 1. The standard InChI is InChI=1S/C36H70O11/c1-2-3-4-5-6-7-8-9-10-11-12-13-14-17-20-40-21-22-41-23-24-42-25-26-43-27-28-44-29-30-45-31-32-46-33-34-47-36(39)19-16-15-18-35(37)38/h2-34H2,1H3,(H,37,38). The van der Waals surface area contributed by atoms with Crippen LogP contribution in [0.2, 0.25) is 0 Å². The van der Waals surface area contributed by atoms with Gasteiger partial charge in [0.1, 0.15) is 6.61 Å². The molecule has 0 saturated heterocycles. The van der Waals surface area contributed by atoms with E-state index in [1.165, 1.54) is 83.5 Å². The maximum absolute atomic E-state index is 11.5. The van der Waals surface area contributed by atoms with Gasteiger partial charge in [-0.25, -0.2) is 0 Å². The van der Waals surface area contributed by atoms with Crippen molar-refractivity contribution in [3.63, 3.8) is 0 Å². The summed E-state index contributed by atoms with van der Waals surface area (Å²) in [5, 5.41) is 8.55. The van der Waals surface area contributed by atoms with Gasteiger partial charge in [-0.05, 0) is 19.3 Å². The van der Waals surface area contributed by atoms with Gasteiger partial charge >= 0.3 is 11.9 Å². The fourth-order valence-corrected chi connectivity index (χ4v) is 4.65. The van der Waals surface area contributed by atoms with Crippen LogP contribution in [0.5, 0.6) is 0 Å². The molecule has 0 aliphatic heterocycles. The first-order valence-electron chi connectivity index (χ1n) is 18.6. The highest BCUT2D eigenvalue weighted by Crippen LogP contribution is 2.13. The molecule has 0 atom stereocenters. The highest BCUT2D eigenvalue weighted by molar-refractivity contribution is 5.69. The maximum atomic E-state index is 11.5. The zero-order chi connectivity index (χ0) is 34.1. The van der Waals surface area contributed by atoms with Crippen molar-refractivity contribution in [1.29, 1.82) is 0 Å². The first kappa shape index (κ1) is 45.7. The quantitative estimate of drug-likeness (QED) is 0.0543. The van der Waals surface area contributed by atoms with Gasteiger partial charge in [0.15, 0.2) is 0 Å². The van der Waals surface area contributed by atoms with Crippen molar-refractivity contribution in [3.05, 3.63) is 0 Å². The third-order valence-electron chi connectivity index (χ3n) is 7.39. The van der Waals surface area contributed by atoms with E-state index in [2.05, 4.69) is 6.92 Å². The molecule has 1 N–H and O–H groups in total. The van der Waals surface area contributed by atoms with Gasteiger partial charge in [0.25, 0.3) is 0 Å². The van der Waals surface area contributed by atoms with Crippen LogP contribution in [0.25, 0.3) is 0 Å². The minimum atomic E-state index is -0.856. The summed E-state index contributed by atoms with van der Waals surface area (Å²) in [6.07, 6.45) is 20.4. The fourth-order valence-electron chi connectivity index (χ4n) is 4.65. The van der Waals surface area contributed by atoms with Gasteiger partial charge in [-0.3, -0.25) is 9.59 Å². The molecule has 0 unspecified atom stereocenters. The number of carboxylic acid groups (broad SMARTS) is 1. The Bertz CT molecular complexity index is 636. The Kier molecular flexibility index (Phi) is 39.7. The van der Waals surface area contributed by atoms with Crippen LogP contribution in [0.1, 0.15) is 122 Å². The van der Waals surface area contributed by atoms with Gasteiger partial charge in [0.05, 0.1) is 85.9 Å². The summed E-state index contributed by atoms with van der Waals surface area (Å²) in [6, 6.07) is 0. The average Bonchev–Trinajstić information content (AvgIpc) is 3.06. The molecular formula is C36H70O11. The number of carboxylic acids is 1. The highest BCUT2D eigenvalue weighted by Gasteiger charge is 2.04. The number of hydrogen-bond acceptors (Lipinski definition) is 10. The van der Waals surface area contributed by atoms with Crippen LogP contribution < -0.4 is 0 Å². The summed E-state index contributed by atoms with van der Waals surface area (Å²) in [6.45, 7) is 9.69. The van der Waals surface area contributed by atoms with E-state index in [0.717, 1.165) is 13.0 Å². The van der Waals surface area contributed by atoms with Gasteiger partial charge in [-0.1, -0.05) is 90.4 Å². The Labute approximate surface area is 286 Å². The molecule has 0 radical (unpaired) electrons. The molecule has 0 amide bonds. The molecule has 0 heterocycles. The number of carbonyl (C=O) groups excluding carboxylic acids is 1. The summed E-state index contributed by atoms with van der Waals surface area (Å²) in [5.74, 6) is -1.19. The number of hydrogen-bond donors (Lipinski definition) is 1. The van der Waals surface area contributed by atoms with Crippen molar-refractivity contribution in [1.82, 2.24) is 0 Å². The first-order chi connectivity index (χ1) is 23.2. The average molecular weight is 679 g/mol. The summed E-state index contributed by atoms with van der Waals surface area (Å²) >= 11 is 0. The van der Waals surface area contributed by atoms with Crippen LogP contribution in [-0.4, -0.2) is 116 Å². The fraction of sp³-hybridized carbons (Fsp3) is 0.944. The molecule has 0 rings (SSSR count). The third kappa shape index (κ3) is 42.6. The number of rotatable bonds is 41. The molecule has 0 aromatic carbocycles. The van der Waals surface area contributed by atoms with E-state index in [9.17, 15) is 9.59 Å². The topological polar surface area (TPSA) is 128 Å². The molecule has 11 nitrogen and oxygen atoms in total. The first-order valence-corrected chi connectivity index (χ1v) is 18.6. The summed E-state index contributed by atoms with van der Waals surface area (Å²) in [4.78, 5) is 21.9. The highest BCUT2D eigenvalue weighted by atomic mass is 16.6. The van der Waals surface area contributed by atoms with Gasteiger partial charge in [-0.2, -0.15) is 0 Å². The van der Waals surface area contributed by atoms with Crippen molar-refractivity contribution in [3.8, 4) is 0 Å². The van der Waals surface area contributed by atoms with E-state index in [0.29, 0.717) is 98.7 Å². The molecule has 0 spiro atoms. The van der Waals surface area contributed by atoms with Crippen LogP contribution in [-0.2, 0) is 47.5 Å². The van der Waals surface area contributed by atoms with Crippen molar-refractivity contribution in [2.45, 2.75) is 122 Å². The lowest BCUT2D eigenvalue weighted by Gasteiger charge is -2.09. The predicted octanol–water partition coefficient (Wildman–Crippen LogP) is 6.77. The summed E-state index contributed by atoms with van der Waals surface area (Å²) in [7, 11) is 0. The number of unbranched alkanes of at least 4 members (excludes halogenated alkanes) is 14. The molecule has 280 valence electrons. The van der Waals surface area contributed by atoms with Gasteiger partial charge in [0, 0.05) is 19.4 Å². The normalized spacial score (nSPS) is 11.3. The lowest BCUT2D eigenvalue weighted by Crippen LogP contribution is -2.15. The van der Waals surface area contributed by atoms with E-state index >= 15 is 0 Å². The van der Waals surface area contributed by atoms with Gasteiger partial charge in [0.2, 0.25) is 0 Å². The Hall–Kier alpha value is -1.34. The van der Waals surface area contributed by atoms with Crippen LogP contribution in [0.3, 0.4) is 0 Å². The van der Waals surface area contributed by atoms with Gasteiger partial charge in [-0.15, -0.1) is 0 Å². The molecule has 0 bridgehead atoms. The van der Waals surface area contributed by atoms with E-state index in [1.54, 1.807) is 0 Å². The molecular weight excluding hydrogens is 608 g/mol. The largest absolute Gasteiger partial charge is 0.481 e. The van der Waals surface area contributed by atoms with Crippen molar-refractivity contribution < 1.29 is 52.6 Å². The van der Waals surface area contributed by atoms with Crippen molar-refractivity contribution in [2.75, 3.05) is 99.1 Å². The minimum Gasteiger partial charge on any atom is -0.481 e. The SMILES string of the molecule is CCCCCCCCCCCCCCCCOCCOCCOCCOCCOCCOCCOCCOC(=O)CCCCC(=O)O. The van der Waals surface area contributed by atoms with Crippen molar-refractivity contribution in [2.24, 2.45) is 0 Å². The second kappa shape index (κ2) is 40.8. The Balaban J connectivity index is 3.09. The molecule has 0 aliphatic carbocycles. The number of ether oxygens (including phenoxy) is 8. The second-order valence-corrected chi connectivity index (χ2v) is 11.7.